The van der Waals surface area contributed by atoms with Gasteiger partial charge >= 0.3 is 0 Å². The second-order valence-electron chi connectivity index (χ2n) is 8.41. The monoisotopic (exact) mass is 473 g/mol. The Labute approximate surface area is 197 Å². The van der Waals surface area contributed by atoms with Crippen LogP contribution >= 0.6 is 7.14 Å². The molecular formula is C28H22F2NO2P. The van der Waals surface area contributed by atoms with Gasteiger partial charge in [-0.15, -0.1) is 0 Å². The summed E-state index contributed by atoms with van der Waals surface area (Å²) < 4.78 is 44.1. The van der Waals surface area contributed by atoms with E-state index in [0.29, 0.717) is 21.9 Å². The van der Waals surface area contributed by atoms with Crippen LogP contribution in [0.15, 0.2) is 103 Å². The Morgan fingerprint density at radius 2 is 1.24 bits per heavy atom. The molecule has 2 atom stereocenters. The third-order valence-electron chi connectivity index (χ3n) is 6.45. The van der Waals surface area contributed by atoms with Crippen LogP contribution in [0.25, 0.3) is 0 Å². The Balaban J connectivity index is 1.86. The van der Waals surface area contributed by atoms with Gasteiger partial charge in [0, 0.05) is 35.3 Å². The summed E-state index contributed by atoms with van der Waals surface area (Å²) in [4.78, 5) is 15.5. The van der Waals surface area contributed by atoms with Crippen LogP contribution in [0.3, 0.4) is 0 Å². The zero-order valence-electron chi connectivity index (χ0n) is 18.4. The van der Waals surface area contributed by atoms with Crippen LogP contribution < -0.4 is 15.5 Å². The van der Waals surface area contributed by atoms with Gasteiger partial charge in [-0.1, -0.05) is 78.9 Å². The molecule has 3 nitrogen and oxygen atoms in total. The van der Waals surface area contributed by atoms with Crippen LogP contribution in [0.4, 0.5) is 14.5 Å². The second kappa shape index (κ2) is 8.66. The van der Waals surface area contributed by atoms with E-state index in [-0.39, 0.29) is 11.5 Å². The predicted octanol–water partition coefficient (Wildman–Crippen LogP) is 5.46. The van der Waals surface area contributed by atoms with Gasteiger partial charge in [-0.05, 0) is 29.3 Å². The first-order chi connectivity index (χ1) is 16.4. The largest absolute Gasteiger partial charge is 0.315 e. The molecule has 1 heterocycles. The summed E-state index contributed by atoms with van der Waals surface area (Å²) in [5.41, 5.74) is 0.527. The highest BCUT2D eigenvalue weighted by Crippen LogP contribution is 2.58. The molecule has 0 fully saturated rings. The van der Waals surface area contributed by atoms with E-state index in [0.717, 1.165) is 6.07 Å². The maximum absolute atomic E-state index is 15.3. The van der Waals surface area contributed by atoms with E-state index in [2.05, 4.69) is 0 Å². The minimum atomic E-state index is -3.64. The normalized spacial score (nSPS) is 18.0. The van der Waals surface area contributed by atoms with Crippen LogP contribution in [0, 0.1) is 11.6 Å². The van der Waals surface area contributed by atoms with Crippen molar-refractivity contribution in [2.24, 2.45) is 0 Å². The second-order valence-corrected chi connectivity index (χ2v) is 11.3. The number of amides is 1. The molecule has 1 aliphatic heterocycles. The number of para-hydroxylation sites is 1. The molecule has 0 aromatic heterocycles. The number of carbonyl (C=O) groups is 1. The minimum Gasteiger partial charge on any atom is -0.315 e. The molecule has 4 aromatic carbocycles. The minimum absolute atomic E-state index is 0.281. The van der Waals surface area contributed by atoms with Crippen LogP contribution in [-0.2, 0) is 9.36 Å². The third kappa shape index (κ3) is 3.57. The third-order valence-corrected chi connectivity index (χ3v) is 9.88. The molecule has 0 spiro atoms. The summed E-state index contributed by atoms with van der Waals surface area (Å²) in [6.07, 6.45) is 0. The van der Waals surface area contributed by atoms with Crippen molar-refractivity contribution in [3.8, 4) is 0 Å². The number of fused-ring (bicyclic) bond motifs is 1. The molecule has 0 bridgehead atoms. The smallest absolute Gasteiger partial charge is 0.238 e. The van der Waals surface area contributed by atoms with Gasteiger partial charge in [-0.2, -0.15) is 0 Å². The molecule has 0 radical (unpaired) electrons. The Morgan fingerprint density at radius 3 is 1.79 bits per heavy atom. The molecule has 0 N–H and O–H groups in total. The summed E-state index contributed by atoms with van der Waals surface area (Å²) in [6, 6.07) is 28.3. The van der Waals surface area contributed by atoms with E-state index in [4.69, 9.17) is 0 Å². The van der Waals surface area contributed by atoms with E-state index < -0.39 is 30.4 Å². The first-order valence-electron chi connectivity index (χ1n) is 10.9. The summed E-state index contributed by atoms with van der Waals surface area (Å²) in [6.45, 7) is 0. The van der Waals surface area contributed by atoms with E-state index >= 15 is 4.57 Å². The molecular weight excluding hydrogens is 451 g/mol. The standard InChI is InChI=1S/C28H22F2NO2P/c1-31-25-15-9-8-14-24(25)26(19-16-20(29)18-21(30)17-19)27(28(31)32)34(33,22-10-4-2-5-11-22)23-12-6-3-7-13-23/h2-18,26-27H,1H3/t26-,27+/m1/s1. The number of rotatable bonds is 4. The van der Waals surface area contributed by atoms with E-state index in [1.54, 1.807) is 67.7 Å². The molecule has 0 aliphatic carbocycles. The van der Waals surface area contributed by atoms with Crippen molar-refractivity contribution in [3.05, 3.63) is 126 Å². The molecule has 6 heteroatoms. The van der Waals surface area contributed by atoms with Gasteiger partial charge in [-0.3, -0.25) is 4.79 Å². The van der Waals surface area contributed by atoms with Crippen LogP contribution in [0.1, 0.15) is 17.0 Å². The maximum atomic E-state index is 15.3. The van der Waals surface area contributed by atoms with Crippen LogP contribution in [-0.4, -0.2) is 18.6 Å². The first-order valence-corrected chi connectivity index (χ1v) is 12.7. The molecule has 1 aliphatic rings. The number of halogens is 2. The fourth-order valence-electron chi connectivity index (χ4n) is 4.94. The van der Waals surface area contributed by atoms with Gasteiger partial charge < -0.3 is 9.46 Å². The molecule has 170 valence electrons. The summed E-state index contributed by atoms with van der Waals surface area (Å²) >= 11 is 0. The van der Waals surface area contributed by atoms with E-state index in [1.165, 1.54) is 17.0 Å². The molecule has 34 heavy (non-hydrogen) atoms. The Morgan fingerprint density at radius 1 is 0.735 bits per heavy atom. The van der Waals surface area contributed by atoms with Crippen molar-refractivity contribution in [2.75, 3.05) is 11.9 Å². The highest BCUT2D eigenvalue weighted by atomic mass is 31.2. The average molecular weight is 473 g/mol. The summed E-state index contributed by atoms with van der Waals surface area (Å²) in [5.74, 6) is -2.65. The van der Waals surface area contributed by atoms with Gasteiger partial charge in [-0.25, -0.2) is 8.78 Å². The lowest BCUT2D eigenvalue weighted by atomic mass is 9.83. The van der Waals surface area contributed by atoms with Crippen molar-refractivity contribution < 1.29 is 18.1 Å². The zero-order valence-corrected chi connectivity index (χ0v) is 19.3. The van der Waals surface area contributed by atoms with Crippen molar-refractivity contribution in [1.29, 1.82) is 0 Å². The molecule has 0 unspecified atom stereocenters. The summed E-state index contributed by atoms with van der Waals surface area (Å²) in [5, 5.41) is 1.04. The number of anilines is 1. The number of nitrogens with zero attached hydrogens (tertiary/aromatic N) is 1. The van der Waals surface area contributed by atoms with E-state index in [1.807, 2.05) is 24.3 Å². The highest BCUT2D eigenvalue weighted by molar-refractivity contribution is 7.80. The highest BCUT2D eigenvalue weighted by Gasteiger charge is 2.51. The maximum Gasteiger partial charge on any atom is 0.238 e. The van der Waals surface area contributed by atoms with Gasteiger partial charge in [0.2, 0.25) is 5.91 Å². The first kappa shape index (κ1) is 22.2. The van der Waals surface area contributed by atoms with Crippen LogP contribution in [0.5, 0.6) is 0 Å². The quantitative estimate of drug-likeness (QED) is 0.370. The van der Waals surface area contributed by atoms with Crippen molar-refractivity contribution in [1.82, 2.24) is 0 Å². The molecule has 0 saturated heterocycles. The Bertz CT molecular complexity index is 1340. The zero-order chi connectivity index (χ0) is 23.9. The van der Waals surface area contributed by atoms with Gasteiger partial charge in [0.05, 0.1) is 0 Å². The lowest BCUT2D eigenvalue weighted by Gasteiger charge is -2.41. The predicted molar refractivity (Wildman–Crippen MR) is 132 cm³/mol. The Hall–Kier alpha value is -3.56. The SMILES string of the molecule is CN1C(=O)[C@@H](P(=O)(c2ccccc2)c2ccccc2)[C@H](c2cc(F)cc(F)c2)c2ccccc21. The molecule has 1 amide bonds. The average Bonchev–Trinajstić information content (AvgIpc) is 2.86. The summed E-state index contributed by atoms with van der Waals surface area (Å²) in [7, 11) is -1.99. The van der Waals surface area contributed by atoms with E-state index in [9.17, 15) is 13.6 Å². The number of hydrogen-bond acceptors (Lipinski definition) is 2. The molecule has 4 aromatic rings. The van der Waals surface area contributed by atoms with Gasteiger partial charge in [0.15, 0.2) is 7.14 Å². The fourth-order valence-corrected chi connectivity index (χ4v) is 8.34. The Kier molecular flexibility index (Phi) is 5.66. The fraction of sp³-hybridized carbons (Fsp3) is 0.107. The molecule has 0 saturated carbocycles. The lowest BCUT2D eigenvalue weighted by molar-refractivity contribution is -0.118. The van der Waals surface area contributed by atoms with Gasteiger partial charge in [0.25, 0.3) is 0 Å². The molecule has 5 rings (SSSR count). The van der Waals surface area contributed by atoms with Crippen LogP contribution in [0.2, 0.25) is 0 Å². The number of carbonyl (C=O) groups excluding carboxylic acids is 1. The number of hydrogen-bond donors (Lipinski definition) is 0. The number of benzene rings is 4. The lowest BCUT2D eigenvalue weighted by Crippen LogP contribution is -2.48. The van der Waals surface area contributed by atoms with Crippen molar-refractivity contribution in [2.45, 2.75) is 11.6 Å². The van der Waals surface area contributed by atoms with Crippen molar-refractivity contribution in [3.63, 3.8) is 0 Å². The van der Waals surface area contributed by atoms with Crippen molar-refractivity contribution >= 4 is 29.3 Å². The topological polar surface area (TPSA) is 37.4 Å². The van der Waals surface area contributed by atoms with Gasteiger partial charge in [0.1, 0.15) is 17.3 Å².